The molecule has 118 valence electrons. The maximum Gasteiger partial charge on any atom is 0.327 e. The number of H-pyrrole nitrogens is 3. The van der Waals surface area contributed by atoms with Gasteiger partial charge in [-0.1, -0.05) is 0 Å². The Morgan fingerprint density at radius 1 is 1.17 bits per heavy atom. The van der Waals surface area contributed by atoms with Gasteiger partial charge in [0, 0.05) is 7.05 Å². The summed E-state index contributed by atoms with van der Waals surface area (Å²) in [5, 5.41) is 1.56. The Bertz CT molecular complexity index is 1100. The molecule has 3 aromatic heterocycles. The first kappa shape index (κ1) is 13.1. The third-order valence-electron chi connectivity index (χ3n) is 3.55. The van der Waals surface area contributed by atoms with Gasteiger partial charge >= 0.3 is 5.69 Å². The Morgan fingerprint density at radius 3 is 2.74 bits per heavy atom. The predicted molar refractivity (Wildman–Crippen MR) is 81.4 cm³/mol. The topological polar surface area (TPSA) is 162 Å². The van der Waals surface area contributed by atoms with Crippen molar-refractivity contribution < 1.29 is 0 Å². The minimum absolute atomic E-state index is 0.0589. The Kier molecular flexibility index (Phi) is 2.41. The zero-order valence-electron chi connectivity index (χ0n) is 11.8. The zero-order chi connectivity index (χ0) is 16.3. The van der Waals surface area contributed by atoms with Gasteiger partial charge in [0.15, 0.2) is 17.0 Å². The summed E-state index contributed by atoms with van der Waals surface area (Å²) in [6.45, 7) is 0.248. The van der Waals surface area contributed by atoms with Crippen LogP contribution in [0.15, 0.2) is 20.7 Å². The average molecular weight is 317 g/mol. The fourth-order valence-electron chi connectivity index (χ4n) is 2.62. The molecule has 4 rings (SSSR count). The van der Waals surface area contributed by atoms with E-state index in [4.69, 9.17) is 5.73 Å². The lowest BCUT2D eigenvalue weighted by Gasteiger charge is -2.19. The summed E-state index contributed by atoms with van der Waals surface area (Å²) >= 11 is 0. The van der Waals surface area contributed by atoms with Crippen LogP contribution < -0.4 is 32.5 Å². The van der Waals surface area contributed by atoms with Crippen molar-refractivity contribution in [2.24, 2.45) is 0 Å². The summed E-state index contributed by atoms with van der Waals surface area (Å²) < 4.78 is 1.46. The van der Waals surface area contributed by atoms with Crippen LogP contribution in [0.5, 0.6) is 0 Å². The van der Waals surface area contributed by atoms with E-state index in [1.807, 2.05) is 0 Å². The number of nitrogens with two attached hydrogens (primary N) is 1. The molecule has 0 spiro atoms. The van der Waals surface area contributed by atoms with E-state index < -0.39 is 16.8 Å². The quantitative estimate of drug-likeness (QED) is 0.391. The number of nitrogens with one attached hydrogen (secondary N) is 3. The first-order valence-corrected chi connectivity index (χ1v) is 6.54. The fraction of sp³-hybridized carbons (Fsp3) is 0.182. The van der Waals surface area contributed by atoms with Gasteiger partial charge in [0.05, 0.1) is 0 Å². The lowest BCUT2D eigenvalue weighted by Crippen LogP contribution is -2.33. The second kappa shape index (κ2) is 4.22. The van der Waals surface area contributed by atoms with Crippen molar-refractivity contribution in [3.8, 4) is 0 Å². The molecule has 0 saturated carbocycles. The van der Waals surface area contributed by atoms with Gasteiger partial charge < -0.3 is 10.6 Å². The molecule has 3 aromatic rings. The molecule has 12 nitrogen and oxygen atoms in total. The van der Waals surface area contributed by atoms with Crippen LogP contribution in [-0.4, -0.2) is 43.3 Å². The number of imidazole rings is 1. The summed E-state index contributed by atoms with van der Waals surface area (Å²) in [7, 11) is 1.69. The predicted octanol–water partition coefficient (Wildman–Crippen LogP) is -2.24. The van der Waals surface area contributed by atoms with Crippen LogP contribution in [0.1, 0.15) is 0 Å². The highest BCUT2D eigenvalue weighted by molar-refractivity contribution is 5.75. The SMILES string of the molecule is CN1CN(n2cnc3c(=O)[nH]c(N)nc32)c2[nH]c(=O)[nH]c(=O)c21. The van der Waals surface area contributed by atoms with Crippen LogP contribution in [0.3, 0.4) is 0 Å². The number of hydrogen-bond donors (Lipinski definition) is 4. The van der Waals surface area contributed by atoms with Crippen molar-refractivity contribution in [3.63, 3.8) is 0 Å². The molecule has 0 aromatic carbocycles. The van der Waals surface area contributed by atoms with E-state index in [0.29, 0.717) is 5.69 Å². The van der Waals surface area contributed by atoms with E-state index in [-0.39, 0.29) is 29.6 Å². The fourth-order valence-corrected chi connectivity index (χ4v) is 2.62. The van der Waals surface area contributed by atoms with E-state index in [9.17, 15) is 14.4 Å². The van der Waals surface area contributed by atoms with Gasteiger partial charge in [-0.2, -0.15) is 4.98 Å². The van der Waals surface area contributed by atoms with E-state index >= 15 is 0 Å². The first-order valence-electron chi connectivity index (χ1n) is 6.54. The van der Waals surface area contributed by atoms with E-state index in [1.54, 1.807) is 17.0 Å². The van der Waals surface area contributed by atoms with Gasteiger partial charge in [-0.15, -0.1) is 0 Å². The van der Waals surface area contributed by atoms with E-state index in [1.165, 1.54) is 11.0 Å². The Hall–Kier alpha value is -3.57. The highest BCUT2D eigenvalue weighted by Gasteiger charge is 2.30. The molecule has 0 radical (unpaired) electrons. The highest BCUT2D eigenvalue weighted by Crippen LogP contribution is 2.29. The van der Waals surface area contributed by atoms with Gasteiger partial charge in [0.25, 0.3) is 11.1 Å². The number of anilines is 3. The molecule has 0 amide bonds. The van der Waals surface area contributed by atoms with E-state index in [0.717, 1.165) is 0 Å². The Morgan fingerprint density at radius 2 is 1.96 bits per heavy atom. The number of fused-ring (bicyclic) bond motifs is 2. The summed E-state index contributed by atoms with van der Waals surface area (Å²) in [6.07, 6.45) is 1.37. The number of aromatic amines is 3. The van der Waals surface area contributed by atoms with Crippen LogP contribution in [0, 0.1) is 0 Å². The van der Waals surface area contributed by atoms with Crippen molar-refractivity contribution in [3.05, 3.63) is 37.5 Å². The molecule has 12 heteroatoms. The second-order valence-electron chi connectivity index (χ2n) is 5.06. The largest absolute Gasteiger partial charge is 0.369 e. The van der Waals surface area contributed by atoms with Crippen LogP contribution in [0.2, 0.25) is 0 Å². The molecule has 1 aliphatic heterocycles. The summed E-state index contributed by atoms with van der Waals surface area (Å²) in [5.74, 6) is 0.220. The van der Waals surface area contributed by atoms with Crippen LogP contribution in [0.25, 0.3) is 11.2 Å². The van der Waals surface area contributed by atoms with Crippen molar-refractivity contribution in [1.29, 1.82) is 0 Å². The van der Waals surface area contributed by atoms with Gasteiger partial charge in [-0.3, -0.25) is 24.5 Å². The zero-order valence-corrected chi connectivity index (χ0v) is 11.8. The van der Waals surface area contributed by atoms with Crippen molar-refractivity contribution in [2.75, 3.05) is 29.4 Å². The summed E-state index contributed by atoms with van der Waals surface area (Å²) in [4.78, 5) is 52.2. The second-order valence-corrected chi connectivity index (χ2v) is 5.06. The van der Waals surface area contributed by atoms with E-state index in [2.05, 4.69) is 24.9 Å². The number of nitrogens with zero attached hydrogens (tertiary/aromatic N) is 5. The standard InChI is InChI=1S/C11H11N9O3/c1-18-3-20(7-5(18)9(22)17-11(23)15-7)19-2-13-4-6(19)14-10(12)16-8(4)21/h2H,3H2,1H3,(H3,12,14,16,21)(H2,15,17,22,23). The lowest BCUT2D eigenvalue weighted by atomic mass is 10.4. The number of rotatable bonds is 1. The van der Waals surface area contributed by atoms with Crippen molar-refractivity contribution in [2.45, 2.75) is 0 Å². The molecule has 0 fully saturated rings. The maximum atomic E-state index is 12.0. The molecule has 5 N–H and O–H groups in total. The number of nitrogen functional groups attached to an aromatic ring is 1. The van der Waals surface area contributed by atoms with Gasteiger partial charge in [0.1, 0.15) is 18.7 Å². The smallest absolute Gasteiger partial charge is 0.327 e. The third-order valence-corrected chi connectivity index (χ3v) is 3.55. The molecule has 0 bridgehead atoms. The molecule has 23 heavy (non-hydrogen) atoms. The number of aromatic nitrogens is 6. The molecule has 0 atom stereocenters. The highest BCUT2D eigenvalue weighted by atomic mass is 16.2. The van der Waals surface area contributed by atoms with Gasteiger partial charge in [-0.25, -0.2) is 19.5 Å². The maximum absolute atomic E-state index is 12.0. The molecule has 0 aliphatic carbocycles. The number of hydrogen-bond acceptors (Lipinski definition) is 8. The minimum atomic E-state index is -0.635. The molecular weight excluding hydrogens is 306 g/mol. The normalized spacial score (nSPS) is 13.8. The first-order chi connectivity index (χ1) is 11.0. The third kappa shape index (κ3) is 1.74. The van der Waals surface area contributed by atoms with Crippen LogP contribution in [0.4, 0.5) is 17.5 Å². The van der Waals surface area contributed by atoms with Gasteiger partial charge in [-0.05, 0) is 0 Å². The van der Waals surface area contributed by atoms with Crippen LogP contribution in [-0.2, 0) is 0 Å². The average Bonchev–Trinajstić information content (AvgIpc) is 3.00. The minimum Gasteiger partial charge on any atom is -0.369 e. The Labute approximate surface area is 126 Å². The molecular formula is C11H11N9O3. The summed E-state index contributed by atoms with van der Waals surface area (Å²) in [6, 6.07) is 0. The van der Waals surface area contributed by atoms with Crippen molar-refractivity contribution >= 4 is 28.6 Å². The molecule has 0 unspecified atom stereocenters. The molecule has 0 saturated heterocycles. The van der Waals surface area contributed by atoms with Gasteiger partial charge in [0.2, 0.25) is 5.95 Å². The lowest BCUT2D eigenvalue weighted by molar-refractivity contribution is 0.713. The summed E-state index contributed by atoms with van der Waals surface area (Å²) in [5.41, 5.74) is 4.56. The Balaban J connectivity index is 2.00. The van der Waals surface area contributed by atoms with Crippen LogP contribution >= 0.6 is 0 Å². The molecule has 1 aliphatic rings. The molecule has 4 heterocycles. The van der Waals surface area contributed by atoms with Crippen molar-refractivity contribution in [1.82, 2.24) is 29.6 Å². The monoisotopic (exact) mass is 317 g/mol.